The molecule has 2 aliphatic rings. The molecule has 3 N–H and O–H groups in total. The normalized spacial score (nSPS) is 19.6. The molecule has 0 saturated carbocycles. The number of hydrogen-bond acceptors (Lipinski definition) is 10. The van der Waals surface area contributed by atoms with E-state index in [1.807, 2.05) is 37.6 Å². The zero-order valence-electron chi connectivity index (χ0n) is 21.0. The number of aryl methyl sites for hydroxylation is 1. The second-order valence-corrected chi connectivity index (χ2v) is 10.7. The lowest BCUT2D eigenvalue weighted by molar-refractivity contribution is 0.0763. The predicted molar refractivity (Wildman–Crippen MR) is 145 cm³/mol. The Bertz CT molecular complexity index is 1450. The maximum atomic E-state index is 12.9. The molecule has 1 unspecified atom stereocenters. The summed E-state index contributed by atoms with van der Waals surface area (Å²) in [7, 11) is 1.90. The molecule has 2 atom stereocenters. The fourth-order valence-corrected chi connectivity index (χ4v) is 5.67. The number of aromatic nitrogens is 6. The standard InChI is InChI=1S/C26H29N9O2S/c1-34-14-18(11-29-34)16-4-2-5-17(10-16)22-28-13-21(23(31-22)30-19-6-3-8-27-12-19)24-32-33-25(38-24)26(37)35-9-7-20(36)15-35/h2,4-5,10-11,13-14,19-20,27,36H,3,6-9,12,15H2,1H3,(H,28,30,31)/t19?,20-/m0/s1. The molecule has 196 valence electrons. The van der Waals surface area contributed by atoms with E-state index in [2.05, 4.69) is 37.0 Å². The van der Waals surface area contributed by atoms with Crippen LogP contribution in [0.4, 0.5) is 5.82 Å². The van der Waals surface area contributed by atoms with Gasteiger partial charge < -0.3 is 20.6 Å². The molecule has 0 aliphatic carbocycles. The van der Waals surface area contributed by atoms with Gasteiger partial charge in [0.05, 0.1) is 17.9 Å². The number of nitrogens with zero attached hydrogens (tertiary/aromatic N) is 7. The number of benzene rings is 1. The van der Waals surface area contributed by atoms with E-state index in [9.17, 15) is 9.90 Å². The van der Waals surface area contributed by atoms with Gasteiger partial charge in [-0.1, -0.05) is 29.5 Å². The minimum atomic E-state index is -0.483. The smallest absolute Gasteiger partial charge is 0.284 e. The van der Waals surface area contributed by atoms with Gasteiger partial charge in [-0.05, 0) is 37.4 Å². The number of amides is 1. The van der Waals surface area contributed by atoms with E-state index in [-0.39, 0.29) is 11.9 Å². The maximum Gasteiger partial charge on any atom is 0.284 e. The second-order valence-electron chi connectivity index (χ2n) is 9.73. The Labute approximate surface area is 224 Å². The molecule has 12 heteroatoms. The van der Waals surface area contributed by atoms with Crippen molar-refractivity contribution < 1.29 is 9.90 Å². The van der Waals surface area contributed by atoms with Gasteiger partial charge >= 0.3 is 0 Å². The Morgan fingerprint density at radius 1 is 1.18 bits per heavy atom. The third-order valence-electron chi connectivity index (χ3n) is 6.87. The van der Waals surface area contributed by atoms with Gasteiger partial charge in [-0.2, -0.15) is 5.10 Å². The molecule has 3 aromatic heterocycles. The molecule has 1 aromatic carbocycles. The monoisotopic (exact) mass is 531 g/mol. The highest BCUT2D eigenvalue weighted by Crippen LogP contribution is 2.33. The fraction of sp³-hybridized carbons (Fsp3) is 0.385. The second kappa shape index (κ2) is 10.6. The van der Waals surface area contributed by atoms with Crippen molar-refractivity contribution in [3.8, 4) is 33.1 Å². The number of piperidine rings is 1. The SMILES string of the molecule is Cn1cc(-c2cccc(-c3ncc(-c4nnc(C(=O)N5CC[C@H](O)C5)s4)c(NC4CCCNC4)n3)c2)cn1. The number of carbonyl (C=O) groups excluding carboxylic acids is 1. The molecular weight excluding hydrogens is 502 g/mol. The molecule has 5 heterocycles. The van der Waals surface area contributed by atoms with E-state index in [1.165, 1.54) is 11.3 Å². The van der Waals surface area contributed by atoms with E-state index in [0.29, 0.717) is 46.7 Å². The summed E-state index contributed by atoms with van der Waals surface area (Å²) in [5.41, 5.74) is 3.66. The summed E-state index contributed by atoms with van der Waals surface area (Å²) in [6, 6.07) is 8.30. The van der Waals surface area contributed by atoms with Crippen molar-refractivity contribution in [2.24, 2.45) is 7.05 Å². The van der Waals surface area contributed by atoms with Gasteiger partial charge in [0.1, 0.15) is 5.82 Å². The van der Waals surface area contributed by atoms with Crippen LogP contribution in [-0.4, -0.2) is 84.2 Å². The van der Waals surface area contributed by atoms with Crippen molar-refractivity contribution in [2.75, 3.05) is 31.5 Å². The molecule has 0 spiro atoms. The molecule has 2 fully saturated rings. The minimum absolute atomic E-state index is 0.207. The summed E-state index contributed by atoms with van der Waals surface area (Å²) in [6.45, 7) is 2.69. The Kier molecular flexibility index (Phi) is 6.83. The number of hydrogen-bond donors (Lipinski definition) is 3. The van der Waals surface area contributed by atoms with Crippen LogP contribution in [0.1, 0.15) is 29.1 Å². The molecule has 38 heavy (non-hydrogen) atoms. The average Bonchev–Trinajstić information content (AvgIpc) is 3.70. The van der Waals surface area contributed by atoms with E-state index in [4.69, 9.17) is 4.98 Å². The van der Waals surface area contributed by atoms with Crippen LogP contribution in [0.3, 0.4) is 0 Å². The highest BCUT2D eigenvalue weighted by molar-refractivity contribution is 7.16. The maximum absolute atomic E-state index is 12.9. The van der Waals surface area contributed by atoms with Gasteiger partial charge in [-0.25, -0.2) is 9.97 Å². The molecule has 0 radical (unpaired) electrons. The number of anilines is 1. The number of likely N-dealkylation sites (tertiary alicyclic amines) is 1. The third-order valence-corrected chi connectivity index (χ3v) is 7.82. The largest absolute Gasteiger partial charge is 0.391 e. The molecule has 4 aromatic rings. The van der Waals surface area contributed by atoms with Gasteiger partial charge in [0.2, 0.25) is 5.01 Å². The first-order chi connectivity index (χ1) is 18.5. The summed E-state index contributed by atoms with van der Waals surface area (Å²) in [4.78, 5) is 24.1. The highest BCUT2D eigenvalue weighted by Gasteiger charge is 2.28. The first-order valence-electron chi connectivity index (χ1n) is 12.8. The van der Waals surface area contributed by atoms with Gasteiger partial charge in [0.15, 0.2) is 10.8 Å². The first-order valence-corrected chi connectivity index (χ1v) is 13.6. The van der Waals surface area contributed by atoms with E-state index in [1.54, 1.807) is 15.8 Å². The predicted octanol–water partition coefficient (Wildman–Crippen LogP) is 2.43. The van der Waals surface area contributed by atoms with Crippen molar-refractivity contribution in [2.45, 2.75) is 31.4 Å². The van der Waals surface area contributed by atoms with E-state index in [0.717, 1.165) is 42.6 Å². The topological polar surface area (TPSA) is 134 Å². The number of nitrogens with one attached hydrogen (secondary N) is 2. The van der Waals surface area contributed by atoms with Gasteiger partial charge in [0.25, 0.3) is 5.91 Å². The average molecular weight is 532 g/mol. The molecular formula is C26H29N9O2S. The lowest BCUT2D eigenvalue weighted by Crippen LogP contribution is -2.38. The highest BCUT2D eigenvalue weighted by atomic mass is 32.1. The number of carbonyl (C=O) groups is 1. The zero-order valence-corrected chi connectivity index (χ0v) is 21.9. The Morgan fingerprint density at radius 2 is 2.08 bits per heavy atom. The molecule has 1 amide bonds. The number of aliphatic hydroxyl groups excluding tert-OH is 1. The fourth-order valence-electron chi connectivity index (χ4n) is 4.84. The Hall–Kier alpha value is -3.74. The van der Waals surface area contributed by atoms with Gasteiger partial charge in [-0.15, -0.1) is 10.2 Å². The molecule has 2 aliphatic heterocycles. The van der Waals surface area contributed by atoms with Crippen LogP contribution in [0.25, 0.3) is 33.1 Å². The molecule has 0 bridgehead atoms. The van der Waals surface area contributed by atoms with Crippen LogP contribution >= 0.6 is 11.3 Å². The van der Waals surface area contributed by atoms with E-state index >= 15 is 0 Å². The number of rotatable bonds is 6. The zero-order chi connectivity index (χ0) is 26.1. The molecule has 6 rings (SSSR count). The van der Waals surface area contributed by atoms with Gasteiger partial charge in [0, 0.05) is 56.2 Å². The lowest BCUT2D eigenvalue weighted by atomic mass is 10.1. The van der Waals surface area contributed by atoms with Crippen molar-refractivity contribution in [3.63, 3.8) is 0 Å². The van der Waals surface area contributed by atoms with Crippen molar-refractivity contribution in [1.29, 1.82) is 0 Å². The summed E-state index contributed by atoms with van der Waals surface area (Å²) < 4.78 is 1.78. The number of β-amino-alcohol motifs (C(OH)–C–C–N with tert-alkyl or cyclic N) is 1. The van der Waals surface area contributed by atoms with Crippen molar-refractivity contribution in [3.05, 3.63) is 47.9 Å². The van der Waals surface area contributed by atoms with E-state index < -0.39 is 6.10 Å². The first kappa shape index (κ1) is 24.6. The third kappa shape index (κ3) is 5.15. The van der Waals surface area contributed by atoms with Crippen LogP contribution in [0.15, 0.2) is 42.9 Å². The number of aliphatic hydroxyl groups is 1. The Balaban J connectivity index is 1.33. The Morgan fingerprint density at radius 3 is 2.84 bits per heavy atom. The quantitative estimate of drug-likeness (QED) is 0.343. The summed E-state index contributed by atoms with van der Waals surface area (Å²) in [5.74, 6) is 1.06. The lowest BCUT2D eigenvalue weighted by Gasteiger charge is -2.25. The van der Waals surface area contributed by atoms with Crippen LogP contribution < -0.4 is 10.6 Å². The van der Waals surface area contributed by atoms with Crippen molar-refractivity contribution in [1.82, 2.24) is 40.2 Å². The van der Waals surface area contributed by atoms with Crippen molar-refractivity contribution >= 4 is 23.1 Å². The van der Waals surface area contributed by atoms with Crippen LogP contribution in [0, 0.1) is 0 Å². The van der Waals surface area contributed by atoms with Crippen LogP contribution in [-0.2, 0) is 7.05 Å². The molecule has 2 saturated heterocycles. The summed E-state index contributed by atoms with van der Waals surface area (Å²) in [6.07, 6.45) is 7.77. The van der Waals surface area contributed by atoms with Crippen LogP contribution in [0.2, 0.25) is 0 Å². The minimum Gasteiger partial charge on any atom is -0.391 e. The summed E-state index contributed by atoms with van der Waals surface area (Å²) in [5, 5.41) is 30.5. The summed E-state index contributed by atoms with van der Waals surface area (Å²) >= 11 is 1.22. The van der Waals surface area contributed by atoms with Gasteiger partial charge in [-0.3, -0.25) is 9.48 Å². The molecule has 11 nitrogen and oxygen atoms in total. The van der Waals surface area contributed by atoms with Crippen LogP contribution in [0.5, 0.6) is 0 Å².